The van der Waals surface area contributed by atoms with E-state index in [9.17, 15) is 9.59 Å². The number of hydrogen-bond acceptors (Lipinski definition) is 9. The van der Waals surface area contributed by atoms with Crippen LogP contribution in [0.2, 0.25) is 0 Å². The van der Waals surface area contributed by atoms with E-state index in [0.717, 1.165) is 28.1 Å². The zero-order valence-electron chi connectivity index (χ0n) is 23.1. The van der Waals surface area contributed by atoms with Gasteiger partial charge >= 0.3 is 6.09 Å². The average molecular weight is 568 g/mol. The summed E-state index contributed by atoms with van der Waals surface area (Å²) in [6, 6.07) is 14.5. The van der Waals surface area contributed by atoms with E-state index < -0.39 is 6.09 Å². The fraction of sp³-hybridized carbons (Fsp3) is 0.276. The summed E-state index contributed by atoms with van der Waals surface area (Å²) in [5.74, 6) is 1.39. The number of carbonyl (C=O) groups excluding carboxylic acids is 1. The van der Waals surface area contributed by atoms with E-state index in [4.69, 9.17) is 14.5 Å². The van der Waals surface area contributed by atoms with E-state index in [-0.39, 0.29) is 18.2 Å². The minimum atomic E-state index is -0.515. The number of imidazole rings is 1. The SMILES string of the molecule is COCCCOC(=O)Nc1ccc(-c2cnc([C@@H]3CCc4nc(-c5cc(C)ccc5-n5cnnn5)cc(=O)n43)[nH]2)cc1. The number of amides is 1. The van der Waals surface area contributed by atoms with Gasteiger partial charge in [-0.1, -0.05) is 23.8 Å². The van der Waals surface area contributed by atoms with E-state index in [1.807, 2.05) is 37.3 Å². The highest BCUT2D eigenvalue weighted by Crippen LogP contribution is 2.32. The molecule has 3 aromatic heterocycles. The number of rotatable bonds is 9. The lowest BCUT2D eigenvalue weighted by atomic mass is 10.1. The van der Waals surface area contributed by atoms with Crippen molar-refractivity contribution >= 4 is 11.8 Å². The van der Waals surface area contributed by atoms with Crippen molar-refractivity contribution in [2.24, 2.45) is 0 Å². The molecule has 5 aromatic rings. The van der Waals surface area contributed by atoms with Gasteiger partial charge in [-0.05, 0) is 53.6 Å². The van der Waals surface area contributed by atoms with Gasteiger partial charge in [0.15, 0.2) is 0 Å². The molecule has 0 saturated carbocycles. The third-order valence-corrected chi connectivity index (χ3v) is 7.08. The lowest BCUT2D eigenvalue weighted by Crippen LogP contribution is -2.25. The number of tetrazole rings is 1. The fourth-order valence-corrected chi connectivity index (χ4v) is 5.07. The molecule has 42 heavy (non-hydrogen) atoms. The number of aryl methyl sites for hydroxylation is 2. The van der Waals surface area contributed by atoms with E-state index in [0.29, 0.717) is 48.9 Å². The zero-order chi connectivity index (χ0) is 29.1. The number of ether oxygens (including phenoxy) is 2. The van der Waals surface area contributed by atoms with Gasteiger partial charge in [-0.3, -0.25) is 14.7 Å². The lowest BCUT2D eigenvalue weighted by molar-refractivity contribution is 0.134. The van der Waals surface area contributed by atoms with Gasteiger partial charge in [0.2, 0.25) is 0 Å². The Balaban J connectivity index is 1.20. The molecule has 1 atom stereocenters. The quantitative estimate of drug-likeness (QED) is 0.254. The maximum Gasteiger partial charge on any atom is 0.411 e. The molecule has 214 valence electrons. The van der Waals surface area contributed by atoms with E-state index >= 15 is 0 Å². The summed E-state index contributed by atoms with van der Waals surface area (Å²) in [7, 11) is 1.60. The molecular formula is C29H29N9O4. The molecule has 1 amide bonds. The largest absolute Gasteiger partial charge is 0.449 e. The Morgan fingerprint density at radius 1 is 1.14 bits per heavy atom. The molecule has 0 saturated heterocycles. The fourth-order valence-electron chi connectivity index (χ4n) is 5.07. The van der Waals surface area contributed by atoms with Crippen molar-refractivity contribution < 1.29 is 14.3 Å². The van der Waals surface area contributed by atoms with Gasteiger partial charge in [0.05, 0.1) is 35.9 Å². The summed E-state index contributed by atoms with van der Waals surface area (Å²) in [5.41, 5.74) is 5.30. The van der Waals surface area contributed by atoms with Crippen molar-refractivity contribution in [3.8, 4) is 28.2 Å². The van der Waals surface area contributed by atoms with Crippen molar-refractivity contribution in [1.82, 2.24) is 39.7 Å². The summed E-state index contributed by atoms with van der Waals surface area (Å²) in [5, 5.41) is 14.2. The van der Waals surface area contributed by atoms with Crippen LogP contribution in [-0.2, 0) is 15.9 Å². The molecule has 2 N–H and O–H groups in total. The van der Waals surface area contributed by atoms with Crippen molar-refractivity contribution in [2.45, 2.75) is 32.2 Å². The highest BCUT2D eigenvalue weighted by Gasteiger charge is 2.29. The van der Waals surface area contributed by atoms with Crippen LogP contribution in [0.4, 0.5) is 10.5 Å². The van der Waals surface area contributed by atoms with Gasteiger partial charge in [0.1, 0.15) is 18.0 Å². The Labute approximate surface area is 240 Å². The average Bonchev–Trinajstić information content (AvgIpc) is 3.77. The monoisotopic (exact) mass is 567 g/mol. The molecule has 13 heteroatoms. The minimum absolute atomic E-state index is 0.149. The zero-order valence-corrected chi connectivity index (χ0v) is 23.1. The van der Waals surface area contributed by atoms with Gasteiger partial charge in [0, 0.05) is 43.9 Å². The number of aromatic amines is 1. The smallest absolute Gasteiger partial charge is 0.411 e. The number of methoxy groups -OCH3 is 1. The summed E-state index contributed by atoms with van der Waals surface area (Å²) in [6.45, 7) is 2.80. The summed E-state index contributed by atoms with van der Waals surface area (Å²) < 4.78 is 13.4. The summed E-state index contributed by atoms with van der Waals surface area (Å²) in [4.78, 5) is 38.3. The Kier molecular flexibility index (Phi) is 7.56. The Morgan fingerprint density at radius 2 is 2.00 bits per heavy atom. The maximum atomic E-state index is 13.5. The van der Waals surface area contributed by atoms with Crippen LogP contribution in [0.5, 0.6) is 0 Å². The number of nitrogens with zero attached hydrogens (tertiary/aromatic N) is 7. The predicted molar refractivity (Wildman–Crippen MR) is 153 cm³/mol. The molecule has 1 aliphatic heterocycles. The number of carbonyl (C=O) groups is 1. The first kappa shape index (κ1) is 27.0. The second-order valence-corrected chi connectivity index (χ2v) is 9.96. The highest BCUT2D eigenvalue weighted by atomic mass is 16.5. The Morgan fingerprint density at radius 3 is 2.79 bits per heavy atom. The Hall–Kier alpha value is -5.17. The number of fused-ring (bicyclic) bond motifs is 1. The molecule has 13 nitrogen and oxygen atoms in total. The van der Waals surface area contributed by atoms with Gasteiger partial charge in [-0.25, -0.2) is 14.8 Å². The number of benzene rings is 2. The predicted octanol–water partition coefficient (Wildman–Crippen LogP) is 3.71. The van der Waals surface area contributed by atoms with E-state index in [1.54, 1.807) is 40.8 Å². The van der Waals surface area contributed by atoms with Gasteiger partial charge < -0.3 is 14.5 Å². The first-order valence-electron chi connectivity index (χ1n) is 13.5. The van der Waals surface area contributed by atoms with Crippen molar-refractivity contribution in [3.63, 3.8) is 0 Å². The van der Waals surface area contributed by atoms with Crippen LogP contribution in [0.3, 0.4) is 0 Å². The molecule has 0 fully saturated rings. The van der Waals surface area contributed by atoms with Crippen LogP contribution in [0, 0.1) is 6.92 Å². The standard InChI is InChI=1S/C29H29N9O4/c1-18-4-9-24(37-17-31-35-36-37)21(14-18)22-15-27(39)38-25(10-11-26(38)33-22)28-30-16-23(34-28)19-5-7-20(8-6-19)32-29(40)42-13-3-12-41-2/h4-9,14-17,25H,3,10-13H2,1-2H3,(H,30,34)(H,32,40)/t25-/m0/s1. The maximum absolute atomic E-state index is 13.5. The molecule has 4 heterocycles. The lowest BCUT2D eigenvalue weighted by Gasteiger charge is -2.14. The number of anilines is 1. The van der Waals surface area contributed by atoms with Crippen LogP contribution < -0.4 is 10.9 Å². The molecule has 0 aliphatic carbocycles. The molecule has 0 bridgehead atoms. The molecule has 6 rings (SSSR count). The van der Waals surface area contributed by atoms with Gasteiger partial charge in [-0.2, -0.15) is 4.68 Å². The second kappa shape index (κ2) is 11.7. The molecular weight excluding hydrogens is 538 g/mol. The first-order chi connectivity index (χ1) is 20.5. The summed E-state index contributed by atoms with van der Waals surface area (Å²) >= 11 is 0. The highest BCUT2D eigenvalue weighted by molar-refractivity contribution is 5.85. The van der Waals surface area contributed by atoms with Crippen LogP contribution >= 0.6 is 0 Å². The normalized spacial score (nSPS) is 14.1. The number of nitrogens with one attached hydrogen (secondary N) is 2. The third kappa shape index (κ3) is 5.54. The van der Waals surface area contributed by atoms with E-state index in [2.05, 4.69) is 30.8 Å². The number of hydrogen-bond donors (Lipinski definition) is 2. The number of aromatic nitrogens is 8. The molecule has 0 unspecified atom stereocenters. The Bertz CT molecular complexity index is 1760. The topological polar surface area (TPSA) is 155 Å². The summed E-state index contributed by atoms with van der Waals surface area (Å²) in [6.07, 6.45) is 4.72. The van der Waals surface area contributed by atoms with Crippen LogP contribution in [0.25, 0.3) is 28.2 Å². The van der Waals surface area contributed by atoms with Crippen LogP contribution in [0.15, 0.2) is 65.8 Å². The molecule has 2 aromatic carbocycles. The molecule has 0 radical (unpaired) electrons. The van der Waals surface area contributed by atoms with Crippen molar-refractivity contribution in [2.75, 3.05) is 25.6 Å². The second-order valence-electron chi connectivity index (χ2n) is 9.96. The minimum Gasteiger partial charge on any atom is -0.449 e. The molecule has 1 aliphatic rings. The van der Waals surface area contributed by atoms with Crippen LogP contribution in [0.1, 0.15) is 36.1 Å². The van der Waals surface area contributed by atoms with Crippen molar-refractivity contribution in [1.29, 1.82) is 0 Å². The van der Waals surface area contributed by atoms with Crippen LogP contribution in [-0.4, -0.2) is 66.1 Å². The molecule has 0 spiro atoms. The first-order valence-corrected chi connectivity index (χ1v) is 13.5. The van der Waals surface area contributed by atoms with Gasteiger partial charge in [0.25, 0.3) is 5.56 Å². The van der Waals surface area contributed by atoms with Gasteiger partial charge in [-0.15, -0.1) is 5.10 Å². The third-order valence-electron chi connectivity index (χ3n) is 7.08. The van der Waals surface area contributed by atoms with E-state index in [1.165, 1.54) is 6.33 Å². The number of H-pyrrole nitrogens is 1. The van der Waals surface area contributed by atoms with Crippen molar-refractivity contribution in [3.05, 3.63) is 88.6 Å².